The van der Waals surface area contributed by atoms with E-state index in [1.54, 1.807) is 42.2 Å². The van der Waals surface area contributed by atoms with E-state index in [0.717, 1.165) is 11.1 Å². The molecule has 1 unspecified atom stereocenters. The average Bonchev–Trinajstić information content (AvgIpc) is 3.17. The number of para-hydroxylation sites is 1. The molecule has 0 saturated carbocycles. The van der Waals surface area contributed by atoms with Crippen LogP contribution >= 0.6 is 0 Å². The molecule has 36 heavy (non-hydrogen) atoms. The molecule has 2 heterocycles. The summed E-state index contributed by atoms with van der Waals surface area (Å²) < 4.78 is 7.81. The largest absolute Gasteiger partial charge is 0.483 e. The smallest absolute Gasteiger partial charge is 0.337 e. The van der Waals surface area contributed by atoms with Crippen molar-refractivity contribution in [2.45, 2.75) is 26.8 Å². The van der Waals surface area contributed by atoms with Gasteiger partial charge in [-0.2, -0.15) is 10.4 Å². The average molecular weight is 489 g/mol. The zero-order chi connectivity index (χ0) is 26.6. The monoisotopic (exact) mass is 488 g/mol. The first kappa shape index (κ1) is 25.7. The van der Waals surface area contributed by atoms with Crippen LogP contribution in [0.5, 0.6) is 0 Å². The summed E-state index contributed by atoms with van der Waals surface area (Å²) in [5.41, 5.74) is 3.07. The number of carbonyl (C=O) groups is 2. The first-order valence-electron chi connectivity index (χ1n) is 10.8. The SMILES string of the molecule is Cc1cc(C(C)Nc2ccccc2C(=O)O)c2oc(-c3nn(C)cc3C)c(C#N)c(=O)c2c1.O=CO. The Morgan fingerprint density at radius 1 is 1.28 bits per heavy atom. The quantitative estimate of drug-likeness (QED) is 0.349. The second kappa shape index (κ2) is 10.6. The third-order valence-electron chi connectivity index (χ3n) is 5.50. The number of nitrogens with one attached hydrogen (secondary N) is 1. The molecule has 0 fully saturated rings. The summed E-state index contributed by atoms with van der Waals surface area (Å²) in [6, 6.07) is 11.8. The van der Waals surface area contributed by atoms with Crippen molar-refractivity contribution >= 4 is 29.1 Å². The minimum absolute atomic E-state index is 0.0994. The topological polar surface area (TPSA) is 158 Å². The van der Waals surface area contributed by atoms with E-state index in [4.69, 9.17) is 14.3 Å². The van der Waals surface area contributed by atoms with Crippen LogP contribution in [0.2, 0.25) is 0 Å². The number of aromatic carboxylic acids is 1. The van der Waals surface area contributed by atoms with Crippen LogP contribution in [0.4, 0.5) is 5.69 Å². The number of benzene rings is 2. The van der Waals surface area contributed by atoms with Crippen molar-refractivity contribution in [3.63, 3.8) is 0 Å². The van der Waals surface area contributed by atoms with Crippen molar-refractivity contribution in [3.05, 3.63) is 80.6 Å². The van der Waals surface area contributed by atoms with Crippen molar-refractivity contribution in [1.82, 2.24) is 9.78 Å². The molecule has 3 N–H and O–H groups in total. The highest BCUT2D eigenvalue weighted by Gasteiger charge is 2.23. The predicted molar refractivity (Wildman–Crippen MR) is 133 cm³/mol. The molecular weight excluding hydrogens is 464 g/mol. The van der Waals surface area contributed by atoms with Crippen LogP contribution in [0.1, 0.15) is 45.6 Å². The van der Waals surface area contributed by atoms with E-state index in [9.17, 15) is 20.0 Å². The fourth-order valence-corrected chi connectivity index (χ4v) is 4.00. The minimum Gasteiger partial charge on any atom is -0.483 e. The van der Waals surface area contributed by atoms with E-state index in [-0.39, 0.29) is 23.4 Å². The van der Waals surface area contributed by atoms with Crippen LogP contribution in [0.15, 0.2) is 51.8 Å². The lowest BCUT2D eigenvalue weighted by Gasteiger charge is -2.19. The molecule has 0 aliphatic carbocycles. The number of nitriles is 1. The first-order valence-corrected chi connectivity index (χ1v) is 10.8. The Morgan fingerprint density at radius 3 is 2.53 bits per heavy atom. The Kier molecular flexibility index (Phi) is 7.55. The molecule has 4 aromatic rings. The third-order valence-corrected chi connectivity index (χ3v) is 5.50. The van der Waals surface area contributed by atoms with Crippen LogP contribution in [-0.2, 0) is 11.8 Å². The van der Waals surface area contributed by atoms with Crippen LogP contribution in [0.3, 0.4) is 0 Å². The van der Waals surface area contributed by atoms with Gasteiger partial charge in [-0.15, -0.1) is 0 Å². The lowest BCUT2D eigenvalue weighted by molar-refractivity contribution is -0.122. The highest BCUT2D eigenvalue weighted by molar-refractivity contribution is 5.94. The Bertz CT molecular complexity index is 1560. The summed E-state index contributed by atoms with van der Waals surface area (Å²) >= 11 is 0. The molecule has 4 rings (SSSR count). The fraction of sp³-hybridized carbons (Fsp3) is 0.192. The number of anilines is 1. The summed E-state index contributed by atoms with van der Waals surface area (Å²) in [7, 11) is 1.75. The standard InChI is InChI=1S/C25H22N4O4.CH2O2/c1-13-9-17(15(3)27-20-8-6-5-7-16(20)25(31)32)23-18(10-13)22(30)19(11-26)24(33-23)21-14(2)12-29(4)28-21;2-1-3/h5-10,12,15,27H,1-4H3,(H,31,32);1H,(H,2,3). The van der Waals surface area contributed by atoms with Gasteiger partial charge in [0, 0.05) is 24.5 Å². The molecule has 184 valence electrons. The van der Waals surface area contributed by atoms with E-state index in [2.05, 4.69) is 10.4 Å². The number of rotatable bonds is 5. The van der Waals surface area contributed by atoms with Gasteiger partial charge in [-0.05, 0) is 50.1 Å². The molecule has 0 spiro atoms. The molecule has 1 atom stereocenters. The van der Waals surface area contributed by atoms with Crippen LogP contribution in [-0.4, -0.2) is 32.4 Å². The van der Waals surface area contributed by atoms with E-state index >= 15 is 0 Å². The zero-order valence-electron chi connectivity index (χ0n) is 20.1. The van der Waals surface area contributed by atoms with Crippen LogP contribution in [0.25, 0.3) is 22.4 Å². The maximum Gasteiger partial charge on any atom is 0.337 e. The van der Waals surface area contributed by atoms with E-state index in [1.807, 2.05) is 32.9 Å². The van der Waals surface area contributed by atoms with Crippen molar-refractivity contribution in [3.8, 4) is 17.5 Å². The van der Waals surface area contributed by atoms with Crippen LogP contribution < -0.4 is 10.7 Å². The number of hydrogen-bond acceptors (Lipinski definition) is 7. The maximum atomic E-state index is 13.3. The van der Waals surface area contributed by atoms with Gasteiger partial charge in [0.25, 0.3) is 6.47 Å². The van der Waals surface area contributed by atoms with Gasteiger partial charge in [0.2, 0.25) is 5.43 Å². The molecule has 0 radical (unpaired) electrons. The van der Waals surface area contributed by atoms with E-state index < -0.39 is 17.4 Å². The molecule has 2 aromatic heterocycles. The first-order chi connectivity index (χ1) is 17.1. The molecule has 0 saturated heterocycles. The molecule has 2 aromatic carbocycles. The summed E-state index contributed by atoms with van der Waals surface area (Å²) in [6.07, 6.45) is 1.78. The zero-order valence-corrected chi connectivity index (χ0v) is 20.1. The molecular formula is C26H24N4O6. The lowest BCUT2D eigenvalue weighted by atomic mass is 9.99. The second-order valence-electron chi connectivity index (χ2n) is 8.13. The number of nitrogens with zero attached hydrogens (tertiary/aromatic N) is 3. The van der Waals surface area contributed by atoms with Crippen molar-refractivity contribution in [2.24, 2.45) is 7.05 Å². The van der Waals surface area contributed by atoms with Gasteiger partial charge in [-0.3, -0.25) is 14.3 Å². The Balaban J connectivity index is 0.00000115. The number of carboxylic acid groups (broad SMARTS) is 2. The molecule has 0 bridgehead atoms. The predicted octanol–water partition coefficient (Wildman–Crippen LogP) is 4.25. The minimum atomic E-state index is -1.04. The lowest BCUT2D eigenvalue weighted by Crippen LogP contribution is -2.14. The van der Waals surface area contributed by atoms with Gasteiger partial charge in [0.1, 0.15) is 22.9 Å². The Labute approximate surface area is 206 Å². The highest BCUT2D eigenvalue weighted by atomic mass is 16.4. The molecule has 0 aliphatic heterocycles. The van der Waals surface area contributed by atoms with E-state index in [0.29, 0.717) is 27.9 Å². The molecule has 0 aliphatic rings. The maximum absolute atomic E-state index is 13.3. The van der Waals surface area contributed by atoms with E-state index in [1.165, 1.54) is 6.07 Å². The number of aryl methyl sites for hydroxylation is 3. The highest BCUT2D eigenvalue weighted by Crippen LogP contribution is 2.33. The van der Waals surface area contributed by atoms with Gasteiger partial charge in [0.15, 0.2) is 5.76 Å². The normalized spacial score (nSPS) is 11.2. The number of aromatic nitrogens is 2. The second-order valence-corrected chi connectivity index (χ2v) is 8.13. The number of fused-ring (bicyclic) bond motifs is 1. The van der Waals surface area contributed by atoms with Gasteiger partial charge < -0.3 is 19.9 Å². The molecule has 0 amide bonds. The summed E-state index contributed by atoms with van der Waals surface area (Å²) in [5.74, 6) is -0.922. The van der Waals surface area contributed by atoms with Crippen LogP contribution in [0, 0.1) is 25.2 Å². The summed E-state index contributed by atoms with van der Waals surface area (Å²) in [6.45, 7) is 5.29. The Morgan fingerprint density at radius 2 is 1.94 bits per heavy atom. The molecule has 10 heteroatoms. The fourth-order valence-electron chi connectivity index (χ4n) is 4.00. The van der Waals surface area contributed by atoms with Gasteiger partial charge in [0.05, 0.1) is 17.0 Å². The summed E-state index contributed by atoms with van der Waals surface area (Å²) in [4.78, 5) is 33.3. The Hall–Kier alpha value is -4.91. The van der Waals surface area contributed by atoms with Gasteiger partial charge in [-0.1, -0.05) is 18.2 Å². The van der Waals surface area contributed by atoms with Crippen molar-refractivity contribution < 1.29 is 24.2 Å². The van der Waals surface area contributed by atoms with Gasteiger partial charge in [-0.25, -0.2) is 4.79 Å². The number of carboxylic acids is 1. The van der Waals surface area contributed by atoms with Gasteiger partial charge >= 0.3 is 5.97 Å². The third kappa shape index (κ3) is 4.95. The van der Waals surface area contributed by atoms with Crippen molar-refractivity contribution in [1.29, 1.82) is 5.26 Å². The molecule has 10 nitrogen and oxygen atoms in total. The number of hydrogen-bond donors (Lipinski definition) is 3. The van der Waals surface area contributed by atoms with Crippen molar-refractivity contribution in [2.75, 3.05) is 5.32 Å². The summed E-state index contributed by atoms with van der Waals surface area (Å²) in [5, 5.41) is 34.0.